The van der Waals surface area contributed by atoms with E-state index < -0.39 is 0 Å². The first-order valence-electron chi connectivity index (χ1n) is 6.72. The number of methoxy groups -OCH3 is 1. The zero-order valence-corrected chi connectivity index (χ0v) is 12.8. The summed E-state index contributed by atoms with van der Waals surface area (Å²) in [4.78, 5) is 26.9. The molecule has 0 spiro atoms. The average Bonchev–Trinajstić information content (AvgIpc) is 3.04. The van der Waals surface area contributed by atoms with Crippen molar-refractivity contribution in [2.24, 2.45) is 0 Å². The number of nitrogens with one attached hydrogen (secondary N) is 1. The fraction of sp³-hybridized carbons (Fsp3) is 0.571. The third-order valence-corrected chi connectivity index (χ3v) is 4.77. The minimum atomic E-state index is -0.132. The van der Waals surface area contributed by atoms with E-state index in [0.717, 1.165) is 19.6 Å². The SMILES string of the molecule is CCN1C[C@H](NC(=O)c2ccc(C(C)=O)s2)[C@@H](OC)C1. The quantitative estimate of drug-likeness (QED) is 0.835. The summed E-state index contributed by atoms with van der Waals surface area (Å²) in [5.41, 5.74) is 0. The molecule has 0 radical (unpaired) electrons. The smallest absolute Gasteiger partial charge is 0.261 e. The van der Waals surface area contributed by atoms with Gasteiger partial charge in [0.25, 0.3) is 5.91 Å². The van der Waals surface area contributed by atoms with Gasteiger partial charge in [0.05, 0.1) is 21.9 Å². The number of likely N-dealkylation sites (tertiary alicyclic amines) is 1. The van der Waals surface area contributed by atoms with Crippen LogP contribution >= 0.6 is 11.3 Å². The van der Waals surface area contributed by atoms with Crippen LogP contribution in [0.4, 0.5) is 0 Å². The van der Waals surface area contributed by atoms with Crippen molar-refractivity contribution in [3.05, 3.63) is 21.9 Å². The molecule has 0 bridgehead atoms. The lowest BCUT2D eigenvalue weighted by atomic mass is 10.2. The second-order valence-corrected chi connectivity index (χ2v) is 6.01. The minimum absolute atomic E-state index is 0.00433. The van der Waals surface area contributed by atoms with E-state index in [2.05, 4.69) is 17.1 Å². The maximum Gasteiger partial charge on any atom is 0.261 e. The summed E-state index contributed by atoms with van der Waals surface area (Å²) in [5, 5.41) is 3.01. The number of Topliss-reactive ketones (excluding diaryl/α,β-unsaturated/α-hetero) is 1. The summed E-state index contributed by atoms with van der Waals surface area (Å²) in [6.45, 7) is 6.17. The summed E-state index contributed by atoms with van der Waals surface area (Å²) in [6, 6.07) is 3.39. The third kappa shape index (κ3) is 3.26. The molecule has 2 rings (SSSR count). The molecule has 1 aliphatic rings. The highest BCUT2D eigenvalue weighted by Gasteiger charge is 2.33. The molecule has 0 aromatic carbocycles. The summed E-state index contributed by atoms with van der Waals surface area (Å²) in [7, 11) is 1.67. The summed E-state index contributed by atoms with van der Waals surface area (Å²) >= 11 is 1.23. The minimum Gasteiger partial charge on any atom is -0.378 e. The number of hydrogen-bond acceptors (Lipinski definition) is 5. The van der Waals surface area contributed by atoms with Crippen LogP contribution in [0, 0.1) is 0 Å². The Labute approximate surface area is 122 Å². The number of rotatable bonds is 5. The summed E-state index contributed by atoms with van der Waals surface area (Å²) in [6.07, 6.45) is 0.0196. The standard InChI is InChI=1S/C14H20N2O3S/c1-4-16-7-10(11(8-16)19-3)15-14(18)13-6-5-12(20-13)9(2)17/h5-6,10-11H,4,7-8H2,1-3H3,(H,15,18)/t10-,11-/m0/s1. The number of thiophene rings is 1. The molecule has 1 aromatic heterocycles. The van der Waals surface area contributed by atoms with Crippen LogP contribution < -0.4 is 5.32 Å². The maximum atomic E-state index is 12.2. The van der Waals surface area contributed by atoms with Gasteiger partial charge in [0, 0.05) is 20.2 Å². The van der Waals surface area contributed by atoms with Crippen LogP contribution in [0.3, 0.4) is 0 Å². The highest BCUT2D eigenvalue weighted by atomic mass is 32.1. The van der Waals surface area contributed by atoms with Crippen molar-refractivity contribution in [2.45, 2.75) is 26.0 Å². The van der Waals surface area contributed by atoms with Crippen LogP contribution in [0.1, 0.15) is 33.2 Å². The molecule has 110 valence electrons. The van der Waals surface area contributed by atoms with Crippen LogP contribution in [0.25, 0.3) is 0 Å². The monoisotopic (exact) mass is 296 g/mol. The maximum absolute atomic E-state index is 12.2. The van der Waals surface area contributed by atoms with Gasteiger partial charge in [-0.25, -0.2) is 0 Å². The Hall–Kier alpha value is -1.24. The molecule has 5 nitrogen and oxygen atoms in total. The molecule has 1 aliphatic heterocycles. The Morgan fingerprint density at radius 1 is 1.40 bits per heavy atom. The molecule has 0 aliphatic carbocycles. The fourth-order valence-corrected chi connectivity index (χ4v) is 3.18. The molecule has 2 heterocycles. The first-order chi connectivity index (χ1) is 9.55. The predicted molar refractivity (Wildman–Crippen MR) is 78.5 cm³/mol. The lowest BCUT2D eigenvalue weighted by Gasteiger charge is -2.17. The van der Waals surface area contributed by atoms with Gasteiger partial charge >= 0.3 is 0 Å². The topological polar surface area (TPSA) is 58.6 Å². The number of amides is 1. The average molecular weight is 296 g/mol. The number of carbonyl (C=O) groups is 2. The Kier molecular flexibility index (Phi) is 4.91. The Bertz CT molecular complexity index is 500. The molecule has 2 atom stereocenters. The van der Waals surface area contributed by atoms with E-state index in [-0.39, 0.29) is 23.8 Å². The number of ether oxygens (including phenoxy) is 1. The van der Waals surface area contributed by atoms with Crippen LogP contribution in [0.15, 0.2) is 12.1 Å². The first kappa shape index (κ1) is 15.2. The van der Waals surface area contributed by atoms with Gasteiger partial charge in [-0.15, -0.1) is 11.3 Å². The third-order valence-electron chi connectivity index (χ3n) is 3.59. The van der Waals surface area contributed by atoms with Gasteiger partial charge in [-0.2, -0.15) is 0 Å². The van der Waals surface area contributed by atoms with E-state index in [1.54, 1.807) is 19.2 Å². The highest BCUT2D eigenvalue weighted by Crippen LogP contribution is 2.18. The van der Waals surface area contributed by atoms with Gasteiger partial charge in [-0.1, -0.05) is 6.92 Å². The van der Waals surface area contributed by atoms with Crippen molar-refractivity contribution in [3.8, 4) is 0 Å². The second-order valence-electron chi connectivity index (χ2n) is 4.93. The van der Waals surface area contributed by atoms with Gasteiger partial charge in [-0.05, 0) is 25.6 Å². The van der Waals surface area contributed by atoms with Gasteiger partial charge < -0.3 is 10.1 Å². The molecule has 1 aromatic rings. The van der Waals surface area contributed by atoms with Gasteiger partial charge in [0.15, 0.2) is 5.78 Å². The van der Waals surface area contributed by atoms with Crippen molar-refractivity contribution in [2.75, 3.05) is 26.7 Å². The Morgan fingerprint density at radius 3 is 2.65 bits per heavy atom. The number of ketones is 1. The van der Waals surface area contributed by atoms with Crippen LogP contribution in [-0.2, 0) is 4.74 Å². The van der Waals surface area contributed by atoms with Crippen LogP contribution in [0.2, 0.25) is 0 Å². The van der Waals surface area contributed by atoms with E-state index in [1.165, 1.54) is 18.3 Å². The van der Waals surface area contributed by atoms with E-state index in [4.69, 9.17) is 4.74 Å². The van der Waals surface area contributed by atoms with Crippen LogP contribution in [0.5, 0.6) is 0 Å². The van der Waals surface area contributed by atoms with Crippen molar-refractivity contribution in [1.82, 2.24) is 10.2 Å². The number of likely N-dealkylation sites (N-methyl/N-ethyl adjacent to an activating group) is 1. The Morgan fingerprint density at radius 2 is 2.10 bits per heavy atom. The van der Waals surface area contributed by atoms with Gasteiger partial charge in [0.2, 0.25) is 0 Å². The predicted octanol–water partition coefficient (Wildman–Crippen LogP) is 1.40. The molecule has 1 fully saturated rings. The summed E-state index contributed by atoms with van der Waals surface area (Å²) in [5.74, 6) is -0.144. The van der Waals surface area contributed by atoms with Crippen molar-refractivity contribution in [3.63, 3.8) is 0 Å². The van der Waals surface area contributed by atoms with Crippen molar-refractivity contribution >= 4 is 23.0 Å². The fourth-order valence-electron chi connectivity index (χ4n) is 2.38. The zero-order valence-electron chi connectivity index (χ0n) is 12.0. The summed E-state index contributed by atoms with van der Waals surface area (Å²) < 4.78 is 5.43. The molecule has 0 saturated carbocycles. The van der Waals surface area contributed by atoms with Crippen molar-refractivity contribution < 1.29 is 14.3 Å². The zero-order chi connectivity index (χ0) is 14.7. The molecular formula is C14H20N2O3S. The van der Waals surface area contributed by atoms with Crippen LogP contribution in [-0.4, -0.2) is 55.5 Å². The molecule has 1 N–H and O–H groups in total. The van der Waals surface area contributed by atoms with Gasteiger partial charge in [-0.3, -0.25) is 14.5 Å². The second kappa shape index (κ2) is 6.47. The molecule has 1 saturated heterocycles. The number of carbonyl (C=O) groups excluding carboxylic acids is 2. The lowest BCUT2D eigenvalue weighted by Crippen LogP contribution is -2.43. The highest BCUT2D eigenvalue weighted by molar-refractivity contribution is 7.15. The molecule has 0 unspecified atom stereocenters. The number of nitrogens with zero attached hydrogens (tertiary/aromatic N) is 1. The van der Waals surface area contributed by atoms with E-state index in [1.807, 2.05) is 0 Å². The first-order valence-corrected chi connectivity index (χ1v) is 7.53. The van der Waals surface area contributed by atoms with E-state index >= 15 is 0 Å². The Balaban J connectivity index is 2.01. The lowest BCUT2D eigenvalue weighted by molar-refractivity contribution is 0.0765. The van der Waals surface area contributed by atoms with Gasteiger partial charge in [0.1, 0.15) is 0 Å². The van der Waals surface area contributed by atoms with E-state index in [0.29, 0.717) is 9.75 Å². The van der Waals surface area contributed by atoms with Crippen molar-refractivity contribution in [1.29, 1.82) is 0 Å². The molecular weight excluding hydrogens is 276 g/mol. The molecule has 1 amide bonds. The van der Waals surface area contributed by atoms with E-state index in [9.17, 15) is 9.59 Å². The largest absolute Gasteiger partial charge is 0.378 e. The molecule has 20 heavy (non-hydrogen) atoms. The number of hydrogen-bond donors (Lipinski definition) is 1. The molecule has 6 heteroatoms. The normalized spacial score (nSPS) is 22.9.